The average Bonchev–Trinajstić information content (AvgIpc) is 3.66. The van der Waals surface area contributed by atoms with E-state index in [2.05, 4.69) is 82.7 Å². The molecule has 0 spiro atoms. The lowest BCUT2D eigenvalue weighted by Gasteiger charge is -2.31. The van der Waals surface area contributed by atoms with Crippen molar-refractivity contribution in [2.75, 3.05) is 32.7 Å². The van der Waals surface area contributed by atoms with Crippen molar-refractivity contribution >= 4 is 22.8 Å². The van der Waals surface area contributed by atoms with Crippen molar-refractivity contribution < 1.29 is 4.79 Å². The molecule has 0 bridgehead atoms. The van der Waals surface area contributed by atoms with Crippen LogP contribution < -0.4 is 5.32 Å². The number of likely N-dealkylation sites (tertiary alicyclic amines) is 1. The molecule has 4 aromatic rings. The molecule has 1 amide bonds. The third-order valence-electron chi connectivity index (χ3n) is 9.16. The highest BCUT2D eigenvalue weighted by atomic mass is 16.2. The normalized spacial score (nSPS) is 15.4. The highest BCUT2D eigenvalue weighted by Crippen LogP contribution is 2.36. The number of aromatic nitrogens is 2. The molecule has 1 aliphatic heterocycles. The number of aromatic amines is 1. The van der Waals surface area contributed by atoms with Crippen molar-refractivity contribution in [2.45, 2.75) is 65.7 Å². The summed E-state index contributed by atoms with van der Waals surface area (Å²) >= 11 is 0. The van der Waals surface area contributed by atoms with Crippen LogP contribution in [0.25, 0.3) is 22.2 Å². The van der Waals surface area contributed by atoms with Gasteiger partial charge < -0.3 is 14.8 Å². The van der Waals surface area contributed by atoms with Gasteiger partial charge in [-0.3, -0.25) is 20.1 Å². The molecule has 5 rings (SSSR count). The maximum atomic E-state index is 13.6. The van der Waals surface area contributed by atoms with E-state index < -0.39 is 5.41 Å². The average molecular weight is 604 g/mol. The van der Waals surface area contributed by atoms with Crippen LogP contribution in [-0.4, -0.2) is 64.4 Å². The number of fused-ring (bicyclic) bond motifs is 1. The summed E-state index contributed by atoms with van der Waals surface area (Å²) in [6.07, 6.45) is 7.49. The van der Waals surface area contributed by atoms with Gasteiger partial charge in [-0.05, 0) is 107 Å². The molecule has 0 saturated carbocycles. The van der Waals surface area contributed by atoms with Gasteiger partial charge in [-0.15, -0.1) is 0 Å². The SMILES string of the molecule is CCN(CC)C(=O)C(C)(C)c1ccc2[nH]c(-c3cc(C)cc(C)c3)c(CCN=C(NC#N)N3CCC(c4cccnc4)C3)c2c1. The molecular formula is C37H45N7O. The van der Waals surface area contributed by atoms with Crippen molar-refractivity contribution in [1.29, 1.82) is 5.26 Å². The molecule has 8 heteroatoms. The summed E-state index contributed by atoms with van der Waals surface area (Å²) in [7, 11) is 0. The quantitative estimate of drug-likeness (QED) is 0.0991. The summed E-state index contributed by atoms with van der Waals surface area (Å²) in [6.45, 7) is 15.8. The van der Waals surface area contributed by atoms with Crippen molar-refractivity contribution in [1.82, 2.24) is 25.1 Å². The second kappa shape index (κ2) is 13.6. The van der Waals surface area contributed by atoms with E-state index in [1.54, 1.807) is 6.20 Å². The minimum atomic E-state index is -0.669. The van der Waals surface area contributed by atoms with Gasteiger partial charge in [0.05, 0.1) is 5.41 Å². The van der Waals surface area contributed by atoms with Crippen LogP contribution in [0.5, 0.6) is 0 Å². The number of aliphatic imine (C=N–C) groups is 1. The van der Waals surface area contributed by atoms with Crippen molar-refractivity contribution in [3.05, 3.63) is 88.7 Å². The topological polar surface area (TPSA) is 100 Å². The Hall–Kier alpha value is -4.64. The smallest absolute Gasteiger partial charge is 0.232 e. The molecule has 1 fully saturated rings. The second-order valence-electron chi connectivity index (χ2n) is 12.6. The third kappa shape index (κ3) is 6.73. The highest BCUT2D eigenvalue weighted by molar-refractivity contribution is 5.94. The number of nitrogens with zero attached hydrogens (tertiary/aromatic N) is 5. The lowest BCUT2D eigenvalue weighted by atomic mass is 9.82. The van der Waals surface area contributed by atoms with Crippen molar-refractivity contribution in [3.63, 3.8) is 0 Å². The first-order chi connectivity index (χ1) is 21.7. The number of carbonyl (C=O) groups is 1. The van der Waals surface area contributed by atoms with E-state index in [0.717, 1.165) is 52.8 Å². The van der Waals surface area contributed by atoms with Crippen LogP contribution in [0.1, 0.15) is 67.9 Å². The molecule has 2 N–H and O–H groups in total. The van der Waals surface area contributed by atoms with Crippen LogP contribution in [0, 0.1) is 25.3 Å². The Morgan fingerprint density at radius 3 is 2.58 bits per heavy atom. The van der Waals surface area contributed by atoms with Crippen LogP contribution >= 0.6 is 0 Å². The van der Waals surface area contributed by atoms with Crippen LogP contribution in [0.4, 0.5) is 0 Å². The molecule has 8 nitrogen and oxygen atoms in total. The van der Waals surface area contributed by atoms with Gasteiger partial charge in [-0.1, -0.05) is 29.3 Å². The Labute approximate surface area is 267 Å². The minimum Gasteiger partial charge on any atom is -0.354 e. The van der Waals surface area contributed by atoms with E-state index in [1.807, 2.05) is 44.9 Å². The summed E-state index contributed by atoms with van der Waals surface area (Å²) in [4.78, 5) is 30.6. The molecule has 45 heavy (non-hydrogen) atoms. The van der Waals surface area contributed by atoms with Gasteiger partial charge in [0.1, 0.15) is 0 Å². The Morgan fingerprint density at radius 2 is 1.91 bits per heavy atom. The number of pyridine rings is 1. The minimum absolute atomic E-state index is 0.130. The molecule has 2 aromatic heterocycles. The Morgan fingerprint density at radius 1 is 1.16 bits per heavy atom. The van der Waals surface area contributed by atoms with E-state index in [9.17, 15) is 10.1 Å². The zero-order valence-electron chi connectivity index (χ0n) is 27.4. The molecule has 234 valence electrons. The number of rotatable bonds is 9. The van der Waals surface area contributed by atoms with E-state index in [0.29, 0.717) is 37.9 Å². The van der Waals surface area contributed by atoms with Gasteiger partial charge in [0.2, 0.25) is 11.9 Å². The summed E-state index contributed by atoms with van der Waals surface area (Å²) < 4.78 is 0. The van der Waals surface area contributed by atoms with Gasteiger partial charge in [0.15, 0.2) is 6.19 Å². The number of benzene rings is 2. The second-order valence-corrected chi connectivity index (χ2v) is 12.6. The number of hydrogen-bond donors (Lipinski definition) is 2. The number of amides is 1. The Kier molecular flexibility index (Phi) is 9.57. The fourth-order valence-electron chi connectivity index (χ4n) is 6.68. The number of aryl methyl sites for hydroxylation is 2. The lowest BCUT2D eigenvalue weighted by molar-refractivity contribution is -0.135. The predicted octanol–water partition coefficient (Wildman–Crippen LogP) is 6.45. The first-order valence-corrected chi connectivity index (χ1v) is 16.0. The van der Waals surface area contributed by atoms with E-state index >= 15 is 0 Å². The van der Waals surface area contributed by atoms with Gasteiger partial charge in [0, 0.05) is 67.6 Å². The number of guanidine groups is 1. The third-order valence-corrected chi connectivity index (χ3v) is 9.16. The maximum absolute atomic E-state index is 13.6. The fourth-order valence-corrected chi connectivity index (χ4v) is 6.68. The number of H-pyrrole nitrogens is 1. The molecule has 0 radical (unpaired) electrons. The van der Waals surface area contributed by atoms with Gasteiger partial charge in [-0.25, -0.2) is 0 Å². The van der Waals surface area contributed by atoms with Gasteiger partial charge in [-0.2, -0.15) is 5.26 Å². The van der Waals surface area contributed by atoms with Crippen LogP contribution in [0.3, 0.4) is 0 Å². The summed E-state index contributed by atoms with van der Waals surface area (Å²) in [5, 5.41) is 13.5. The largest absolute Gasteiger partial charge is 0.354 e. The molecule has 1 saturated heterocycles. The first kappa shape index (κ1) is 31.8. The zero-order chi connectivity index (χ0) is 32.1. The van der Waals surface area contributed by atoms with Gasteiger partial charge >= 0.3 is 0 Å². The predicted molar refractivity (Wildman–Crippen MR) is 182 cm³/mol. The van der Waals surface area contributed by atoms with E-state index in [4.69, 9.17) is 4.99 Å². The monoisotopic (exact) mass is 603 g/mol. The van der Waals surface area contributed by atoms with Crippen LogP contribution in [0.2, 0.25) is 0 Å². The number of carbonyl (C=O) groups excluding carboxylic acids is 1. The standard InChI is InChI=1S/C37H45N7O/c1-7-43(8-2)35(45)37(5,6)30-11-12-33-32(21-30)31(34(42-33)29-19-25(3)18-26(4)20-29)13-16-40-36(41-24-38)44-17-14-28(23-44)27-10-9-15-39-22-27/h9-12,15,18-22,28,42H,7-8,13-14,16-17,23H2,1-6H3,(H,40,41). The fraction of sp³-hybridized carbons (Fsp3) is 0.405. The Balaban J connectivity index is 1.50. The first-order valence-electron chi connectivity index (χ1n) is 16.0. The number of hydrogen-bond acceptors (Lipinski definition) is 4. The van der Waals surface area contributed by atoms with E-state index in [-0.39, 0.29) is 5.91 Å². The summed E-state index contributed by atoms with van der Waals surface area (Å²) in [6, 6.07) is 17.1. The summed E-state index contributed by atoms with van der Waals surface area (Å²) in [5.41, 5.74) is 8.36. The van der Waals surface area contributed by atoms with Crippen molar-refractivity contribution in [3.8, 4) is 17.5 Å². The maximum Gasteiger partial charge on any atom is 0.232 e. The van der Waals surface area contributed by atoms with Crippen molar-refractivity contribution in [2.24, 2.45) is 4.99 Å². The molecule has 1 atom stereocenters. The molecule has 2 aromatic carbocycles. The molecule has 0 aliphatic carbocycles. The molecule has 1 aliphatic rings. The number of likely N-dealkylation sites (N-methyl/N-ethyl adjacent to an activating group) is 1. The molecule has 1 unspecified atom stereocenters. The number of nitriles is 1. The lowest BCUT2D eigenvalue weighted by Crippen LogP contribution is -2.43. The van der Waals surface area contributed by atoms with E-state index in [1.165, 1.54) is 16.7 Å². The highest BCUT2D eigenvalue weighted by Gasteiger charge is 2.33. The van der Waals surface area contributed by atoms with Gasteiger partial charge in [0.25, 0.3) is 0 Å². The summed E-state index contributed by atoms with van der Waals surface area (Å²) in [5.74, 6) is 1.10. The van der Waals surface area contributed by atoms with Crippen LogP contribution in [-0.2, 0) is 16.6 Å². The zero-order valence-corrected chi connectivity index (χ0v) is 27.4. The number of nitrogens with one attached hydrogen (secondary N) is 2. The van der Waals surface area contributed by atoms with Crippen LogP contribution in [0.15, 0.2) is 65.9 Å². The molecular weight excluding hydrogens is 558 g/mol. The molecule has 3 heterocycles. The Bertz CT molecular complexity index is 1710.